The second-order valence-corrected chi connectivity index (χ2v) is 7.27. The van der Waals surface area contributed by atoms with Gasteiger partial charge in [-0.25, -0.2) is 13.5 Å². The van der Waals surface area contributed by atoms with Crippen molar-refractivity contribution < 1.29 is 18.0 Å². The molecule has 0 bridgehead atoms. The zero-order valence-corrected chi connectivity index (χ0v) is 13.8. The number of hydroxylamine groups is 2. The summed E-state index contributed by atoms with van der Waals surface area (Å²) in [5.74, 6) is -0.379. The Balaban J connectivity index is 2.29. The van der Waals surface area contributed by atoms with Gasteiger partial charge in [0.05, 0.1) is 12.0 Å². The summed E-state index contributed by atoms with van der Waals surface area (Å²) in [7, 11) is -0.683. The highest BCUT2D eigenvalue weighted by molar-refractivity contribution is 7.89. The maximum absolute atomic E-state index is 12.7. The Morgan fingerprint density at radius 1 is 1.18 bits per heavy atom. The third-order valence-electron chi connectivity index (χ3n) is 3.84. The van der Waals surface area contributed by atoms with Crippen molar-refractivity contribution in [1.29, 1.82) is 0 Å². The van der Waals surface area contributed by atoms with Gasteiger partial charge in [0, 0.05) is 25.7 Å². The third-order valence-corrected chi connectivity index (χ3v) is 5.74. The molecule has 0 spiro atoms. The fourth-order valence-electron chi connectivity index (χ4n) is 2.49. The van der Waals surface area contributed by atoms with E-state index < -0.39 is 10.0 Å². The van der Waals surface area contributed by atoms with Crippen LogP contribution in [0, 0.1) is 0 Å². The number of hydrogen-bond acceptors (Lipinski definition) is 4. The fourth-order valence-corrected chi connectivity index (χ4v) is 4.05. The van der Waals surface area contributed by atoms with Gasteiger partial charge in [0.2, 0.25) is 10.0 Å². The molecule has 1 aliphatic heterocycles. The van der Waals surface area contributed by atoms with Crippen LogP contribution in [0.1, 0.15) is 36.0 Å². The number of nitrogens with zero attached hydrogens (tertiary/aromatic N) is 2. The second kappa shape index (κ2) is 7.21. The molecule has 2 rings (SSSR count). The predicted octanol–water partition coefficient (Wildman–Crippen LogP) is 1.88. The van der Waals surface area contributed by atoms with Gasteiger partial charge in [-0.05, 0) is 31.0 Å². The molecule has 0 saturated carbocycles. The van der Waals surface area contributed by atoms with E-state index in [4.69, 9.17) is 4.84 Å². The highest BCUT2D eigenvalue weighted by Crippen LogP contribution is 2.21. The lowest BCUT2D eigenvalue weighted by Crippen LogP contribution is -2.32. The maximum Gasteiger partial charge on any atom is 0.277 e. The standard InChI is InChI=1S/C15H22N2O4S/c1-16(21-2)15(18)13-8-7-9-14(12-13)22(19,20)17-10-5-3-4-6-11-17/h7-9,12H,3-6,10-11H2,1-2H3. The van der Waals surface area contributed by atoms with Crippen molar-refractivity contribution >= 4 is 15.9 Å². The van der Waals surface area contributed by atoms with Gasteiger partial charge in [0.25, 0.3) is 5.91 Å². The van der Waals surface area contributed by atoms with Crippen LogP contribution in [0.4, 0.5) is 0 Å². The molecule has 1 aliphatic rings. The first-order valence-electron chi connectivity index (χ1n) is 7.39. The van der Waals surface area contributed by atoms with Crippen molar-refractivity contribution in [3.8, 4) is 0 Å². The van der Waals surface area contributed by atoms with E-state index in [0.717, 1.165) is 30.7 Å². The van der Waals surface area contributed by atoms with E-state index in [-0.39, 0.29) is 10.8 Å². The quantitative estimate of drug-likeness (QED) is 0.793. The molecule has 1 heterocycles. The molecule has 1 fully saturated rings. The van der Waals surface area contributed by atoms with Gasteiger partial charge in [0.15, 0.2) is 0 Å². The molecule has 1 aromatic rings. The molecule has 22 heavy (non-hydrogen) atoms. The fraction of sp³-hybridized carbons (Fsp3) is 0.533. The second-order valence-electron chi connectivity index (χ2n) is 5.33. The minimum absolute atomic E-state index is 0.157. The van der Waals surface area contributed by atoms with E-state index in [1.54, 1.807) is 12.1 Å². The van der Waals surface area contributed by atoms with Gasteiger partial charge < -0.3 is 0 Å². The summed E-state index contributed by atoms with van der Waals surface area (Å²) in [5, 5.41) is 1.07. The molecule has 1 aromatic carbocycles. The van der Waals surface area contributed by atoms with Gasteiger partial charge in [-0.15, -0.1) is 0 Å². The Labute approximate surface area is 131 Å². The summed E-state index contributed by atoms with van der Waals surface area (Å²) in [6, 6.07) is 6.11. The highest BCUT2D eigenvalue weighted by Gasteiger charge is 2.26. The molecule has 0 atom stereocenters. The minimum Gasteiger partial charge on any atom is -0.274 e. The van der Waals surface area contributed by atoms with Crippen LogP contribution < -0.4 is 0 Å². The van der Waals surface area contributed by atoms with E-state index in [1.807, 2.05) is 0 Å². The lowest BCUT2D eigenvalue weighted by Gasteiger charge is -2.20. The van der Waals surface area contributed by atoms with Crippen LogP contribution in [0.15, 0.2) is 29.2 Å². The molecule has 0 N–H and O–H groups in total. The Morgan fingerprint density at radius 2 is 1.82 bits per heavy atom. The van der Waals surface area contributed by atoms with Crippen LogP contribution in [-0.4, -0.2) is 50.9 Å². The topological polar surface area (TPSA) is 66.9 Å². The van der Waals surface area contributed by atoms with Crippen LogP contribution in [0.25, 0.3) is 0 Å². The zero-order valence-electron chi connectivity index (χ0n) is 13.0. The molecule has 1 saturated heterocycles. The number of rotatable bonds is 4. The van der Waals surface area contributed by atoms with E-state index in [9.17, 15) is 13.2 Å². The number of amides is 1. The smallest absolute Gasteiger partial charge is 0.274 e. The zero-order chi connectivity index (χ0) is 16.2. The van der Waals surface area contributed by atoms with E-state index in [1.165, 1.54) is 30.6 Å². The number of carbonyl (C=O) groups excluding carboxylic acids is 1. The van der Waals surface area contributed by atoms with Crippen molar-refractivity contribution in [3.63, 3.8) is 0 Å². The Kier molecular flexibility index (Phi) is 5.55. The third kappa shape index (κ3) is 3.66. The summed E-state index contributed by atoms with van der Waals surface area (Å²) in [4.78, 5) is 17.1. The van der Waals surface area contributed by atoms with Crippen LogP contribution in [0.3, 0.4) is 0 Å². The van der Waals surface area contributed by atoms with Crippen LogP contribution in [-0.2, 0) is 14.9 Å². The number of hydrogen-bond donors (Lipinski definition) is 0. The monoisotopic (exact) mass is 326 g/mol. The highest BCUT2D eigenvalue weighted by atomic mass is 32.2. The molecule has 6 nitrogen and oxygen atoms in total. The van der Waals surface area contributed by atoms with Crippen molar-refractivity contribution in [2.75, 3.05) is 27.2 Å². The average molecular weight is 326 g/mol. The van der Waals surface area contributed by atoms with Crippen LogP contribution in [0.2, 0.25) is 0 Å². The maximum atomic E-state index is 12.7. The summed E-state index contributed by atoms with van der Waals surface area (Å²) in [6.45, 7) is 1.08. The lowest BCUT2D eigenvalue weighted by atomic mass is 10.2. The molecule has 0 aromatic heterocycles. The first-order valence-corrected chi connectivity index (χ1v) is 8.83. The molecule has 122 valence electrons. The van der Waals surface area contributed by atoms with E-state index in [2.05, 4.69) is 0 Å². The van der Waals surface area contributed by atoms with Crippen LogP contribution in [0.5, 0.6) is 0 Å². The van der Waals surface area contributed by atoms with Crippen molar-refractivity contribution in [2.24, 2.45) is 0 Å². The van der Waals surface area contributed by atoms with E-state index in [0.29, 0.717) is 18.7 Å². The molecule has 0 aliphatic carbocycles. The lowest BCUT2D eigenvalue weighted by molar-refractivity contribution is -0.0757. The molecular formula is C15H22N2O4S. The molecular weight excluding hydrogens is 304 g/mol. The van der Waals surface area contributed by atoms with Gasteiger partial charge >= 0.3 is 0 Å². The SMILES string of the molecule is CON(C)C(=O)c1cccc(S(=O)(=O)N2CCCCCC2)c1. The number of sulfonamides is 1. The first-order chi connectivity index (χ1) is 10.5. The Morgan fingerprint density at radius 3 is 2.41 bits per heavy atom. The van der Waals surface area contributed by atoms with E-state index >= 15 is 0 Å². The Hall–Kier alpha value is -1.44. The van der Waals surface area contributed by atoms with Crippen LogP contribution >= 0.6 is 0 Å². The molecule has 1 amide bonds. The summed E-state index contributed by atoms with van der Waals surface area (Å²) < 4.78 is 27.0. The normalized spacial score (nSPS) is 17.0. The largest absolute Gasteiger partial charge is 0.277 e. The summed E-state index contributed by atoms with van der Waals surface area (Å²) in [6.07, 6.45) is 3.88. The van der Waals surface area contributed by atoms with Crippen molar-refractivity contribution in [1.82, 2.24) is 9.37 Å². The molecule has 0 radical (unpaired) electrons. The molecule has 7 heteroatoms. The van der Waals surface area contributed by atoms with Gasteiger partial charge in [-0.2, -0.15) is 4.31 Å². The Bertz CT molecular complexity index is 622. The van der Waals surface area contributed by atoms with Gasteiger partial charge in [-0.3, -0.25) is 9.63 Å². The minimum atomic E-state index is -3.55. The predicted molar refractivity (Wildman–Crippen MR) is 82.8 cm³/mol. The van der Waals surface area contributed by atoms with Gasteiger partial charge in [-0.1, -0.05) is 18.9 Å². The average Bonchev–Trinajstić information content (AvgIpc) is 2.83. The number of carbonyl (C=O) groups is 1. The molecule has 0 unspecified atom stereocenters. The van der Waals surface area contributed by atoms with Crippen molar-refractivity contribution in [2.45, 2.75) is 30.6 Å². The summed E-state index contributed by atoms with van der Waals surface area (Å²) >= 11 is 0. The van der Waals surface area contributed by atoms with Gasteiger partial charge in [0.1, 0.15) is 0 Å². The van der Waals surface area contributed by atoms with Crippen molar-refractivity contribution in [3.05, 3.63) is 29.8 Å². The number of benzene rings is 1. The summed E-state index contributed by atoms with van der Waals surface area (Å²) in [5.41, 5.74) is 0.292. The first kappa shape index (κ1) is 16.9.